The van der Waals surface area contributed by atoms with Gasteiger partial charge in [-0.3, -0.25) is 4.68 Å². The smallest absolute Gasteiger partial charge is 0.0489 e. The first-order valence-corrected chi connectivity index (χ1v) is 5.58. The zero-order valence-corrected chi connectivity index (χ0v) is 10.3. The van der Waals surface area contributed by atoms with E-state index in [1.165, 1.54) is 11.1 Å². The first kappa shape index (κ1) is 13.3. The van der Waals surface area contributed by atoms with Crippen molar-refractivity contribution in [3.05, 3.63) is 47.8 Å². The highest BCUT2D eigenvalue weighted by atomic mass is 15.3. The number of nitrogens with two attached hydrogens (primary N) is 1. The van der Waals surface area contributed by atoms with Crippen LogP contribution in [0.3, 0.4) is 0 Å². The molecule has 0 aliphatic heterocycles. The highest BCUT2D eigenvalue weighted by Crippen LogP contribution is 2.14. The molecule has 2 rings (SSSR count). The number of aromatic nitrogens is 2. The monoisotopic (exact) mass is 232 g/mol. The Morgan fingerprint density at radius 1 is 1.35 bits per heavy atom. The van der Waals surface area contributed by atoms with Crippen molar-refractivity contribution in [2.24, 2.45) is 0 Å². The molecule has 0 amide bonds. The van der Waals surface area contributed by atoms with E-state index in [9.17, 15) is 0 Å². The van der Waals surface area contributed by atoms with Crippen LogP contribution in [-0.2, 0) is 13.0 Å². The van der Waals surface area contributed by atoms with E-state index in [2.05, 4.69) is 18.1 Å². The van der Waals surface area contributed by atoms with Crippen LogP contribution < -0.4 is 11.9 Å². The Balaban J connectivity index is 0.00000144. The van der Waals surface area contributed by atoms with Crippen molar-refractivity contribution in [1.82, 2.24) is 15.9 Å². The Morgan fingerprint density at radius 3 is 2.82 bits per heavy atom. The minimum absolute atomic E-state index is 0. The van der Waals surface area contributed by atoms with Gasteiger partial charge >= 0.3 is 0 Å². The van der Waals surface area contributed by atoms with Crippen LogP contribution in [0.2, 0.25) is 0 Å². The van der Waals surface area contributed by atoms with E-state index in [0.29, 0.717) is 0 Å². The van der Waals surface area contributed by atoms with Crippen molar-refractivity contribution in [2.75, 3.05) is 5.73 Å². The van der Waals surface area contributed by atoms with E-state index in [0.717, 1.165) is 25.1 Å². The number of hydrogen-bond acceptors (Lipinski definition) is 3. The number of benzene rings is 1. The van der Waals surface area contributed by atoms with Crippen LogP contribution in [0.1, 0.15) is 17.5 Å². The fourth-order valence-corrected chi connectivity index (χ4v) is 1.86. The van der Waals surface area contributed by atoms with Gasteiger partial charge in [0.15, 0.2) is 0 Å². The third kappa shape index (κ3) is 3.60. The maximum Gasteiger partial charge on any atom is 0.0489 e. The average Bonchev–Trinajstić information content (AvgIpc) is 2.74. The van der Waals surface area contributed by atoms with Crippen LogP contribution in [0.15, 0.2) is 36.7 Å². The van der Waals surface area contributed by atoms with Crippen LogP contribution >= 0.6 is 0 Å². The largest absolute Gasteiger partial charge is 0.399 e. The molecule has 5 N–H and O–H groups in total. The third-order valence-electron chi connectivity index (χ3n) is 2.76. The molecule has 0 unspecified atom stereocenters. The molecule has 0 aliphatic rings. The van der Waals surface area contributed by atoms with Crippen LogP contribution in [0, 0.1) is 6.92 Å². The van der Waals surface area contributed by atoms with E-state index in [-0.39, 0.29) is 6.15 Å². The number of anilines is 1. The molecule has 1 heterocycles. The first-order valence-electron chi connectivity index (χ1n) is 5.58. The Morgan fingerprint density at radius 2 is 2.18 bits per heavy atom. The van der Waals surface area contributed by atoms with E-state index < -0.39 is 0 Å². The van der Waals surface area contributed by atoms with Gasteiger partial charge in [-0.2, -0.15) is 5.10 Å². The normalized spacial score (nSPS) is 9.94. The van der Waals surface area contributed by atoms with Crippen LogP contribution in [-0.4, -0.2) is 9.78 Å². The second kappa shape index (κ2) is 6.06. The minimum Gasteiger partial charge on any atom is -0.399 e. The number of nitrogen functional groups attached to an aromatic ring is 1. The molecule has 4 nitrogen and oxygen atoms in total. The third-order valence-corrected chi connectivity index (χ3v) is 2.76. The summed E-state index contributed by atoms with van der Waals surface area (Å²) in [5.41, 5.74) is 9.21. The Hall–Kier alpha value is -1.81. The fourth-order valence-electron chi connectivity index (χ4n) is 1.86. The van der Waals surface area contributed by atoms with Gasteiger partial charge < -0.3 is 11.9 Å². The molecule has 0 fully saturated rings. The lowest BCUT2D eigenvalue weighted by Crippen LogP contribution is -2.00. The van der Waals surface area contributed by atoms with Gasteiger partial charge in [0.05, 0.1) is 0 Å². The van der Waals surface area contributed by atoms with E-state index in [4.69, 9.17) is 5.73 Å². The Bertz CT molecular complexity index is 448. The van der Waals surface area contributed by atoms with E-state index in [1.807, 2.05) is 35.3 Å². The fraction of sp³-hybridized carbons (Fsp3) is 0.308. The summed E-state index contributed by atoms with van der Waals surface area (Å²) in [6.07, 6.45) is 5.99. The molecular formula is C13H20N4. The molecule has 2 aromatic rings. The van der Waals surface area contributed by atoms with Crippen LogP contribution in [0.25, 0.3) is 0 Å². The summed E-state index contributed by atoms with van der Waals surface area (Å²) in [4.78, 5) is 0. The Kier molecular flexibility index (Phi) is 4.72. The van der Waals surface area contributed by atoms with Crippen molar-refractivity contribution in [1.29, 1.82) is 0 Å². The molecule has 92 valence electrons. The molecule has 17 heavy (non-hydrogen) atoms. The van der Waals surface area contributed by atoms with Gasteiger partial charge in [-0.05, 0) is 49.1 Å². The van der Waals surface area contributed by atoms with E-state index >= 15 is 0 Å². The molecule has 4 heteroatoms. The standard InChI is InChI=1S/C13H17N3.H3N/c1-11-10-13(14)6-5-12(11)4-2-8-16-9-3-7-15-16;/h3,5-7,9-10H,2,4,8,14H2,1H3;1H3. The molecule has 0 aliphatic carbocycles. The topological polar surface area (TPSA) is 78.8 Å². The lowest BCUT2D eigenvalue weighted by atomic mass is 10.0. The van der Waals surface area contributed by atoms with Gasteiger partial charge in [-0.15, -0.1) is 0 Å². The van der Waals surface area contributed by atoms with Gasteiger partial charge in [0, 0.05) is 24.6 Å². The lowest BCUT2D eigenvalue weighted by molar-refractivity contribution is 0.578. The molecule has 0 bridgehead atoms. The van der Waals surface area contributed by atoms with Gasteiger partial charge in [0.2, 0.25) is 0 Å². The van der Waals surface area contributed by atoms with Crippen molar-refractivity contribution in [3.63, 3.8) is 0 Å². The first-order chi connectivity index (χ1) is 7.75. The second-order valence-corrected chi connectivity index (χ2v) is 4.06. The van der Waals surface area contributed by atoms with Crippen molar-refractivity contribution in [3.8, 4) is 0 Å². The second-order valence-electron chi connectivity index (χ2n) is 4.06. The molecule has 0 saturated carbocycles. The summed E-state index contributed by atoms with van der Waals surface area (Å²) < 4.78 is 1.96. The molecular weight excluding hydrogens is 212 g/mol. The summed E-state index contributed by atoms with van der Waals surface area (Å²) in [5.74, 6) is 0. The zero-order chi connectivity index (χ0) is 11.4. The zero-order valence-electron chi connectivity index (χ0n) is 10.3. The number of rotatable bonds is 4. The van der Waals surface area contributed by atoms with Crippen LogP contribution in [0.4, 0.5) is 5.69 Å². The van der Waals surface area contributed by atoms with Crippen LogP contribution in [0.5, 0.6) is 0 Å². The van der Waals surface area contributed by atoms with Crippen molar-refractivity contribution >= 4 is 5.69 Å². The summed E-state index contributed by atoms with van der Waals surface area (Å²) in [6.45, 7) is 3.08. The molecule has 0 spiro atoms. The molecule has 0 atom stereocenters. The van der Waals surface area contributed by atoms with Gasteiger partial charge in [0.1, 0.15) is 0 Å². The summed E-state index contributed by atoms with van der Waals surface area (Å²) >= 11 is 0. The number of hydrogen-bond donors (Lipinski definition) is 2. The SMILES string of the molecule is Cc1cc(N)ccc1CCCn1cccn1.N. The summed E-state index contributed by atoms with van der Waals surface area (Å²) in [6, 6.07) is 8.07. The predicted molar refractivity (Wildman–Crippen MR) is 71.2 cm³/mol. The highest BCUT2D eigenvalue weighted by molar-refractivity contribution is 5.44. The molecule has 0 saturated heterocycles. The average molecular weight is 232 g/mol. The van der Waals surface area contributed by atoms with E-state index in [1.54, 1.807) is 0 Å². The molecule has 1 aromatic carbocycles. The molecule has 1 aromatic heterocycles. The predicted octanol–water partition coefficient (Wildman–Crippen LogP) is 2.57. The van der Waals surface area contributed by atoms with Gasteiger partial charge in [0.25, 0.3) is 0 Å². The van der Waals surface area contributed by atoms with Gasteiger partial charge in [-0.1, -0.05) is 6.07 Å². The van der Waals surface area contributed by atoms with Gasteiger partial charge in [-0.25, -0.2) is 0 Å². The lowest BCUT2D eigenvalue weighted by Gasteiger charge is -2.06. The maximum atomic E-state index is 5.72. The Labute approximate surface area is 102 Å². The highest BCUT2D eigenvalue weighted by Gasteiger charge is 1.99. The molecule has 0 radical (unpaired) electrons. The maximum absolute atomic E-state index is 5.72. The number of aryl methyl sites for hydroxylation is 3. The summed E-state index contributed by atoms with van der Waals surface area (Å²) in [5, 5.41) is 4.18. The number of nitrogens with zero attached hydrogens (tertiary/aromatic N) is 2. The van der Waals surface area contributed by atoms with Crippen molar-refractivity contribution in [2.45, 2.75) is 26.3 Å². The minimum atomic E-state index is 0. The summed E-state index contributed by atoms with van der Waals surface area (Å²) in [7, 11) is 0. The van der Waals surface area contributed by atoms with Crippen molar-refractivity contribution < 1.29 is 0 Å². The quantitative estimate of drug-likeness (QED) is 0.795.